The van der Waals surface area contributed by atoms with Crippen LogP contribution in [0.1, 0.15) is 31.2 Å². The summed E-state index contributed by atoms with van der Waals surface area (Å²) in [6, 6.07) is 20.6. The molecule has 1 heterocycles. The van der Waals surface area contributed by atoms with Gasteiger partial charge in [0, 0.05) is 6.42 Å². The standard InChI is InChI=1S/C19H22O2/c1-16(17-8-4-2-5-9-17)14-19(12-13-21-19)15-20-18-10-6-3-7-11-18/h2-11,16H,12-15H2,1H3. The predicted octanol–water partition coefficient (Wildman–Crippen LogP) is 4.42. The summed E-state index contributed by atoms with van der Waals surface area (Å²) in [5.74, 6) is 1.39. The van der Waals surface area contributed by atoms with Crippen molar-refractivity contribution < 1.29 is 9.47 Å². The zero-order valence-corrected chi connectivity index (χ0v) is 12.5. The van der Waals surface area contributed by atoms with Crippen LogP contribution in [0.15, 0.2) is 60.7 Å². The average Bonchev–Trinajstić information content (AvgIpc) is 2.51. The van der Waals surface area contributed by atoms with Gasteiger partial charge in [0.1, 0.15) is 18.0 Å². The molecule has 2 aromatic rings. The minimum atomic E-state index is -0.120. The molecule has 2 heteroatoms. The largest absolute Gasteiger partial charge is 0.491 e. The summed E-state index contributed by atoms with van der Waals surface area (Å²) in [6.45, 7) is 3.75. The minimum Gasteiger partial charge on any atom is -0.491 e. The van der Waals surface area contributed by atoms with Crippen molar-refractivity contribution >= 4 is 0 Å². The van der Waals surface area contributed by atoms with Crippen molar-refractivity contribution in [1.82, 2.24) is 0 Å². The predicted molar refractivity (Wildman–Crippen MR) is 84.7 cm³/mol. The fraction of sp³-hybridized carbons (Fsp3) is 0.368. The topological polar surface area (TPSA) is 18.5 Å². The summed E-state index contributed by atoms with van der Waals surface area (Å²) in [5, 5.41) is 0. The van der Waals surface area contributed by atoms with E-state index in [0.29, 0.717) is 12.5 Å². The number of ether oxygens (including phenoxy) is 2. The molecule has 2 atom stereocenters. The van der Waals surface area contributed by atoms with E-state index < -0.39 is 0 Å². The van der Waals surface area contributed by atoms with Gasteiger partial charge in [0.2, 0.25) is 0 Å². The van der Waals surface area contributed by atoms with Gasteiger partial charge in [0.25, 0.3) is 0 Å². The summed E-state index contributed by atoms with van der Waals surface area (Å²) >= 11 is 0. The average molecular weight is 282 g/mol. The molecule has 21 heavy (non-hydrogen) atoms. The fourth-order valence-electron chi connectivity index (χ4n) is 2.91. The van der Waals surface area contributed by atoms with Crippen LogP contribution in [0.2, 0.25) is 0 Å². The van der Waals surface area contributed by atoms with Crippen molar-refractivity contribution in [2.45, 2.75) is 31.3 Å². The van der Waals surface area contributed by atoms with Gasteiger partial charge in [-0.15, -0.1) is 0 Å². The normalized spacial score (nSPS) is 22.3. The Labute approximate surface area is 126 Å². The zero-order valence-electron chi connectivity index (χ0n) is 12.5. The summed E-state index contributed by atoms with van der Waals surface area (Å²) in [5.41, 5.74) is 1.25. The molecule has 110 valence electrons. The van der Waals surface area contributed by atoms with Crippen molar-refractivity contribution in [2.75, 3.05) is 13.2 Å². The van der Waals surface area contributed by atoms with Crippen molar-refractivity contribution in [3.05, 3.63) is 66.2 Å². The summed E-state index contributed by atoms with van der Waals surface area (Å²) in [4.78, 5) is 0. The van der Waals surface area contributed by atoms with E-state index in [-0.39, 0.29) is 5.60 Å². The number of benzene rings is 2. The van der Waals surface area contributed by atoms with Gasteiger partial charge in [-0.3, -0.25) is 0 Å². The minimum absolute atomic E-state index is 0.120. The van der Waals surface area contributed by atoms with Gasteiger partial charge in [-0.1, -0.05) is 55.5 Å². The molecule has 0 aliphatic carbocycles. The fourth-order valence-corrected chi connectivity index (χ4v) is 2.91. The van der Waals surface area contributed by atoms with Crippen LogP contribution in [0.25, 0.3) is 0 Å². The molecule has 0 aromatic heterocycles. The van der Waals surface area contributed by atoms with Gasteiger partial charge in [-0.25, -0.2) is 0 Å². The Morgan fingerprint density at radius 2 is 1.67 bits per heavy atom. The molecule has 1 aliphatic heterocycles. The molecule has 3 rings (SSSR count). The molecule has 1 saturated heterocycles. The lowest BCUT2D eigenvalue weighted by molar-refractivity contribution is -0.171. The Bertz CT molecular complexity index is 546. The Morgan fingerprint density at radius 1 is 1.05 bits per heavy atom. The molecule has 1 fully saturated rings. The van der Waals surface area contributed by atoms with Crippen LogP contribution in [-0.4, -0.2) is 18.8 Å². The SMILES string of the molecule is CC(CC1(COc2ccccc2)CCO1)c1ccccc1. The number of hydrogen-bond donors (Lipinski definition) is 0. The van der Waals surface area contributed by atoms with Crippen LogP contribution in [0.5, 0.6) is 5.75 Å². The van der Waals surface area contributed by atoms with Gasteiger partial charge in [-0.2, -0.15) is 0 Å². The molecule has 0 spiro atoms. The van der Waals surface area contributed by atoms with E-state index >= 15 is 0 Å². The van der Waals surface area contributed by atoms with E-state index in [1.807, 2.05) is 30.3 Å². The monoisotopic (exact) mass is 282 g/mol. The van der Waals surface area contributed by atoms with E-state index in [0.717, 1.165) is 25.2 Å². The maximum Gasteiger partial charge on any atom is 0.119 e. The first-order valence-electron chi connectivity index (χ1n) is 7.64. The highest BCUT2D eigenvalue weighted by molar-refractivity contribution is 5.22. The second-order valence-electron chi connectivity index (χ2n) is 5.90. The van der Waals surface area contributed by atoms with Crippen LogP contribution < -0.4 is 4.74 Å². The Morgan fingerprint density at radius 3 is 2.24 bits per heavy atom. The van der Waals surface area contributed by atoms with Crippen LogP contribution >= 0.6 is 0 Å². The molecule has 0 N–H and O–H groups in total. The lowest BCUT2D eigenvalue weighted by Gasteiger charge is -2.43. The van der Waals surface area contributed by atoms with Crippen LogP contribution in [0.4, 0.5) is 0 Å². The maximum atomic E-state index is 5.93. The highest BCUT2D eigenvalue weighted by Crippen LogP contribution is 2.37. The summed E-state index contributed by atoms with van der Waals surface area (Å²) < 4.78 is 11.8. The van der Waals surface area contributed by atoms with E-state index in [1.165, 1.54) is 5.56 Å². The second kappa shape index (κ2) is 6.31. The summed E-state index contributed by atoms with van der Waals surface area (Å²) in [6.07, 6.45) is 2.08. The Hall–Kier alpha value is -1.80. The second-order valence-corrected chi connectivity index (χ2v) is 5.90. The van der Waals surface area contributed by atoms with Gasteiger partial charge in [0.05, 0.1) is 6.61 Å². The number of rotatable bonds is 6. The van der Waals surface area contributed by atoms with E-state index in [1.54, 1.807) is 0 Å². The molecule has 2 aromatic carbocycles. The van der Waals surface area contributed by atoms with Crippen molar-refractivity contribution in [3.8, 4) is 5.75 Å². The molecular weight excluding hydrogens is 260 g/mol. The van der Waals surface area contributed by atoms with Crippen molar-refractivity contribution in [3.63, 3.8) is 0 Å². The molecule has 2 unspecified atom stereocenters. The number of hydrogen-bond acceptors (Lipinski definition) is 2. The molecule has 2 nitrogen and oxygen atoms in total. The van der Waals surface area contributed by atoms with Gasteiger partial charge in [-0.05, 0) is 30.0 Å². The van der Waals surface area contributed by atoms with Crippen molar-refractivity contribution in [2.24, 2.45) is 0 Å². The van der Waals surface area contributed by atoms with Crippen LogP contribution in [-0.2, 0) is 4.74 Å². The van der Waals surface area contributed by atoms with Gasteiger partial charge in [0.15, 0.2) is 0 Å². The van der Waals surface area contributed by atoms with Gasteiger partial charge < -0.3 is 9.47 Å². The molecule has 0 saturated carbocycles. The Kier molecular flexibility index (Phi) is 4.26. The molecule has 0 bridgehead atoms. The molecule has 0 amide bonds. The zero-order chi connectivity index (χ0) is 14.5. The number of para-hydroxylation sites is 1. The molecular formula is C19H22O2. The first-order valence-corrected chi connectivity index (χ1v) is 7.64. The highest BCUT2D eigenvalue weighted by Gasteiger charge is 2.40. The lowest BCUT2D eigenvalue weighted by atomic mass is 9.83. The smallest absolute Gasteiger partial charge is 0.119 e. The third kappa shape index (κ3) is 3.45. The Balaban J connectivity index is 1.61. The molecule has 1 aliphatic rings. The maximum absolute atomic E-state index is 5.93. The van der Waals surface area contributed by atoms with Crippen LogP contribution in [0, 0.1) is 0 Å². The first-order chi connectivity index (χ1) is 10.3. The van der Waals surface area contributed by atoms with E-state index in [2.05, 4.69) is 37.3 Å². The van der Waals surface area contributed by atoms with Crippen LogP contribution in [0.3, 0.4) is 0 Å². The third-order valence-corrected chi connectivity index (χ3v) is 4.26. The van der Waals surface area contributed by atoms with E-state index in [4.69, 9.17) is 9.47 Å². The highest BCUT2D eigenvalue weighted by atomic mass is 16.6. The summed E-state index contributed by atoms with van der Waals surface area (Å²) in [7, 11) is 0. The third-order valence-electron chi connectivity index (χ3n) is 4.26. The molecule has 0 radical (unpaired) electrons. The van der Waals surface area contributed by atoms with E-state index in [9.17, 15) is 0 Å². The van der Waals surface area contributed by atoms with Crippen molar-refractivity contribution in [1.29, 1.82) is 0 Å². The van der Waals surface area contributed by atoms with Gasteiger partial charge >= 0.3 is 0 Å². The lowest BCUT2D eigenvalue weighted by Crippen LogP contribution is -2.49. The quantitative estimate of drug-likeness (QED) is 0.781. The first kappa shape index (κ1) is 14.2.